The first-order chi connectivity index (χ1) is 4.58. The van der Waals surface area contributed by atoms with Crippen LogP contribution in [0.4, 0.5) is 0 Å². The minimum Gasteiger partial charge on any atom is -0.421 e. The fourth-order valence-electron chi connectivity index (χ4n) is 1.17. The van der Waals surface area contributed by atoms with Crippen molar-refractivity contribution in [3.05, 3.63) is 0 Å². The second-order valence-electron chi connectivity index (χ2n) is 3.90. The molecule has 1 saturated heterocycles. The van der Waals surface area contributed by atoms with E-state index >= 15 is 0 Å². The molecule has 0 aromatic heterocycles. The molecular formula is C7H16BNO. The van der Waals surface area contributed by atoms with Gasteiger partial charge in [0.25, 0.3) is 0 Å². The van der Waals surface area contributed by atoms with Crippen molar-refractivity contribution in [2.45, 2.75) is 39.1 Å². The fourth-order valence-corrected chi connectivity index (χ4v) is 1.17. The minimum atomic E-state index is 0.189. The monoisotopic (exact) mass is 141 g/mol. The average Bonchev–Trinajstić information content (AvgIpc) is 2.12. The molecule has 1 aliphatic rings. The zero-order valence-electron chi connectivity index (χ0n) is 7.11. The van der Waals surface area contributed by atoms with Gasteiger partial charge in [-0.25, -0.2) is 0 Å². The van der Waals surface area contributed by atoms with E-state index in [-0.39, 0.29) is 5.54 Å². The maximum absolute atomic E-state index is 5.42. The summed E-state index contributed by atoms with van der Waals surface area (Å²) < 4.78 is 5.42. The molecule has 1 heterocycles. The molecule has 0 aromatic carbocycles. The highest BCUT2D eigenvalue weighted by Gasteiger charge is 2.25. The van der Waals surface area contributed by atoms with E-state index in [9.17, 15) is 0 Å². The molecule has 0 unspecified atom stereocenters. The summed E-state index contributed by atoms with van der Waals surface area (Å²) in [6, 6.07) is 0. The van der Waals surface area contributed by atoms with E-state index < -0.39 is 0 Å². The van der Waals surface area contributed by atoms with Gasteiger partial charge < -0.3 is 9.88 Å². The van der Waals surface area contributed by atoms with Gasteiger partial charge in [-0.15, -0.1) is 0 Å². The van der Waals surface area contributed by atoms with Gasteiger partial charge in [-0.1, -0.05) is 0 Å². The van der Waals surface area contributed by atoms with Crippen LogP contribution in [0, 0.1) is 0 Å². The highest BCUT2D eigenvalue weighted by Crippen LogP contribution is 2.10. The van der Waals surface area contributed by atoms with Crippen molar-refractivity contribution < 1.29 is 4.65 Å². The van der Waals surface area contributed by atoms with Crippen LogP contribution in [0.5, 0.6) is 0 Å². The molecule has 1 rings (SSSR count). The third-order valence-corrected chi connectivity index (χ3v) is 1.52. The van der Waals surface area contributed by atoms with Gasteiger partial charge in [-0.3, -0.25) is 0 Å². The van der Waals surface area contributed by atoms with E-state index in [0.717, 1.165) is 12.9 Å². The highest BCUT2D eigenvalue weighted by molar-refractivity contribution is 6.49. The summed E-state index contributed by atoms with van der Waals surface area (Å²) in [5, 5.41) is 3.40. The van der Waals surface area contributed by atoms with Gasteiger partial charge in [-0.2, -0.15) is 0 Å². The molecule has 0 bridgehead atoms. The smallest absolute Gasteiger partial charge is 0.380 e. The van der Waals surface area contributed by atoms with Crippen LogP contribution in [-0.2, 0) is 4.65 Å². The van der Waals surface area contributed by atoms with Crippen molar-refractivity contribution in [1.29, 1.82) is 0 Å². The topological polar surface area (TPSA) is 21.3 Å². The number of hydrogen-bond donors (Lipinski definition) is 1. The van der Waals surface area contributed by atoms with Gasteiger partial charge >= 0.3 is 7.05 Å². The zero-order chi connectivity index (χ0) is 7.61. The molecule has 0 saturated carbocycles. The first-order valence-electron chi connectivity index (χ1n) is 3.97. The molecule has 0 spiro atoms. The van der Waals surface area contributed by atoms with E-state index in [4.69, 9.17) is 4.65 Å². The lowest BCUT2D eigenvalue weighted by molar-refractivity contribution is 0.338. The first-order valence-corrected chi connectivity index (χ1v) is 3.97. The highest BCUT2D eigenvalue weighted by atomic mass is 16.4. The Balaban J connectivity index is 2.24. The van der Waals surface area contributed by atoms with E-state index in [1.54, 1.807) is 0 Å². The van der Waals surface area contributed by atoms with Crippen LogP contribution in [0.15, 0.2) is 0 Å². The molecule has 0 radical (unpaired) electrons. The van der Waals surface area contributed by atoms with E-state index in [0.29, 0.717) is 7.05 Å². The Labute approximate surface area is 63.5 Å². The summed E-state index contributed by atoms with van der Waals surface area (Å²) in [5.74, 6) is 0. The van der Waals surface area contributed by atoms with Crippen LogP contribution < -0.4 is 5.23 Å². The molecule has 1 fully saturated rings. The largest absolute Gasteiger partial charge is 0.421 e. The Morgan fingerprint density at radius 1 is 1.40 bits per heavy atom. The standard InChI is InChI=1S/C7H16BNO/c1-7(2,3)9-8-5-4-6-10-8/h9H,4-6H2,1-3H3. The first kappa shape index (κ1) is 8.09. The Kier molecular flexibility index (Phi) is 2.37. The molecule has 0 aromatic rings. The zero-order valence-corrected chi connectivity index (χ0v) is 7.11. The maximum Gasteiger partial charge on any atom is 0.380 e. The molecular weight excluding hydrogens is 125 g/mol. The molecule has 0 aliphatic carbocycles. The van der Waals surface area contributed by atoms with Crippen molar-refractivity contribution in [1.82, 2.24) is 5.23 Å². The van der Waals surface area contributed by atoms with Gasteiger partial charge in [0.2, 0.25) is 0 Å². The van der Waals surface area contributed by atoms with Gasteiger partial charge in [0.15, 0.2) is 0 Å². The van der Waals surface area contributed by atoms with Crippen LogP contribution >= 0.6 is 0 Å². The SMILES string of the molecule is CC(C)(C)NB1CCCO1. The Bertz CT molecular complexity index is 105. The van der Waals surface area contributed by atoms with Crippen molar-refractivity contribution in [3.63, 3.8) is 0 Å². The number of nitrogens with one attached hydrogen (secondary N) is 1. The van der Waals surface area contributed by atoms with E-state index in [1.807, 2.05) is 0 Å². The van der Waals surface area contributed by atoms with Crippen LogP contribution in [0.1, 0.15) is 27.2 Å². The van der Waals surface area contributed by atoms with Crippen LogP contribution in [-0.4, -0.2) is 19.2 Å². The minimum absolute atomic E-state index is 0.189. The molecule has 1 aliphatic heterocycles. The molecule has 1 N–H and O–H groups in total. The number of hydrogen-bond acceptors (Lipinski definition) is 2. The maximum atomic E-state index is 5.42. The van der Waals surface area contributed by atoms with Crippen molar-refractivity contribution in [3.8, 4) is 0 Å². The van der Waals surface area contributed by atoms with Crippen LogP contribution in [0.2, 0.25) is 6.32 Å². The van der Waals surface area contributed by atoms with Crippen LogP contribution in [0.25, 0.3) is 0 Å². The van der Waals surface area contributed by atoms with Gasteiger partial charge in [0.1, 0.15) is 0 Å². The van der Waals surface area contributed by atoms with Crippen LogP contribution in [0.3, 0.4) is 0 Å². The second kappa shape index (κ2) is 2.93. The summed E-state index contributed by atoms with van der Waals surface area (Å²) in [6.07, 6.45) is 2.37. The normalized spacial score (nSPS) is 20.1. The number of rotatable bonds is 1. The Morgan fingerprint density at radius 3 is 2.50 bits per heavy atom. The molecule has 0 amide bonds. The lowest BCUT2D eigenvalue weighted by Gasteiger charge is -2.22. The van der Waals surface area contributed by atoms with Crippen molar-refractivity contribution >= 4 is 7.05 Å². The predicted octanol–water partition coefficient (Wildman–Crippen LogP) is 1.28. The summed E-state index contributed by atoms with van der Waals surface area (Å²) >= 11 is 0. The molecule has 0 atom stereocenters. The summed E-state index contributed by atoms with van der Waals surface area (Å²) in [7, 11) is 0.306. The molecule has 10 heavy (non-hydrogen) atoms. The van der Waals surface area contributed by atoms with Gasteiger partial charge in [0.05, 0.1) is 0 Å². The fraction of sp³-hybridized carbons (Fsp3) is 1.00. The molecule has 3 heteroatoms. The third kappa shape index (κ3) is 2.71. The second-order valence-corrected chi connectivity index (χ2v) is 3.90. The lowest BCUT2D eigenvalue weighted by Crippen LogP contribution is -2.46. The lowest BCUT2D eigenvalue weighted by atomic mass is 9.77. The quantitative estimate of drug-likeness (QED) is 0.555. The van der Waals surface area contributed by atoms with E-state index in [2.05, 4.69) is 26.0 Å². The van der Waals surface area contributed by atoms with Gasteiger partial charge in [-0.05, 0) is 33.5 Å². The Morgan fingerprint density at radius 2 is 2.10 bits per heavy atom. The van der Waals surface area contributed by atoms with E-state index in [1.165, 1.54) is 6.42 Å². The average molecular weight is 141 g/mol. The predicted molar refractivity (Wildman–Crippen MR) is 44.0 cm³/mol. The third-order valence-electron chi connectivity index (χ3n) is 1.52. The summed E-state index contributed by atoms with van der Waals surface area (Å²) in [4.78, 5) is 0. The Hall–Kier alpha value is -0.0151. The van der Waals surface area contributed by atoms with Crippen molar-refractivity contribution in [2.24, 2.45) is 0 Å². The summed E-state index contributed by atoms with van der Waals surface area (Å²) in [5.41, 5.74) is 0.189. The molecule has 58 valence electrons. The van der Waals surface area contributed by atoms with Gasteiger partial charge in [0, 0.05) is 12.1 Å². The molecule has 2 nitrogen and oxygen atoms in total. The summed E-state index contributed by atoms with van der Waals surface area (Å²) in [6.45, 7) is 7.41. The van der Waals surface area contributed by atoms with Crippen molar-refractivity contribution in [2.75, 3.05) is 6.61 Å².